The van der Waals surface area contributed by atoms with Crippen LogP contribution in [0, 0.1) is 12.8 Å². The molecule has 0 fully saturated rings. The average molecular weight is 491 g/mol. The fourth-order valence-corrected chi connectivity index (χ4v) is 5.90. The molecule has 2 aromatic rings. The first kappa shape index (κ1) is 25.6. The van der Waals surface area contributed by atoms with Crippen molar-refractivity contribution in [3.63, 3.8) is 0 Å². The molecule has 33 heavy (non-hydrogen) atoms. The van der Waals surface area contributed by atoms with Crippen LogP contribution in [-0.2, 0) is 28.0 Å². The number of benzene rings is 1. The van der Waals surface area contributed by atoms with E-state index >= 15 is 0 Å². The largest absolute Gasteiger partial charge is 0.511 e. The summed E-state index contributed by atoms with van der Waals surface area (Å²) in [6.07, 6.45) is 1.43. The highest BCUT2D eigenvalue weighted by molar-refractivity contribution is 8.04. The van der Waals surface area contributed by atoms with Gasteiger partial charge in [0, 0.05) is 16.7 Å². The van der Waals surface area contributed by atoms with E-state index in [-0.39, 0.29) is 35.0 Å². The number of cyclic esters (lactones) is 1. The average Bonchev–Trinajstić information content (AvgIpc) is 3.13. The molecule has 1 aromatic carbocycles. The van der Waals surface area contributed by atoms with Crippen LogP contribution in [0.25, 0.3) is 0 Å². The maximum atomic E-state index is 13.2. The Hall–Kier alpha value is -2.03. The lowest BCUT2D eigenvalue weighted by Gasteiger charge is -2.40. The van der Waals surface area contributed by atoms with Crippen LogP contribution in [0.4, 0.5) is 5.13 Å². The van der Waals surface area contributed by atoms with Crippen molar-refractivity contribution in [2.24, 2.45) is 5.92 Å². The second-order valence-electron chi connectivity index (χ2n) is 10.0. The molecule has 1 aromatic heterocycles. The lowest BCUT2D eigenvalue weighted by molar-refractivity contribution is -0.164. The molecule has 6 nitrogen and oxygen atoms in total. The molecule has 0 amide bonds. The van der Waals surface area contributed by atoms with Crippen LogP contribution in [0.3, 0.4) is 0 Å². The second-order valence-corrected chi connectivity index (χ2v) is 12.0. The van der Waals surface area contributed by atoms with Gasteiger partial charge in [-0.25, -0.2) is 9.78 Å². The van der Waals surface area contributed by atoms with Crippen molar-refractivity contribution in [2.45, 2.75) is 83.3 Å². The van der Waals surface area contributed by atoms with Gasteiger partial charge in [0.1, 0.15) is 16.3 Å². The van der Waals surface area contributed by atoms with Gasteiger partial charge >= 0.3 is 5.97 Å². The van der Waals surface area contributed by atoms with Gasteiger partial charge in [-0.1, -0.05) is 52.4 Å². The molecular formula is C25H34N2O4S2. The van der Waals surface area contributed by atoms with Crippen LogP contribution in [-0.4, -0.2) is 26.8 Å². The standard InChI is InChI=1S/C25H34N2O4S2/c1-14(2)25(8-7-17-13-32-23(26)27-17)11-19(29)21(22(30)31-25)33-20-9-15(3)16(12-28)10-18(20)24(4,5)6/h9-10,13-14,28-29H,7-8,11-12H2,1-6H3,(H2,26,27). The van der Waals surface area contributed by atoms with Crippen molar-refractivity contribution in [3.05, 3.63) is 50.6 Å². The van der Waals surface area contributed by atoms with Gasteiger partial charge in [0.2, 0.25) is 0 Å². The molecule has 0 bridgehead atoms. The maximum absolute atomic E-state index is 13.2. The van der Waals surface area contributed by atoms with Crippen LogP contribution >= 0.6 is 23.1 Å². The van der Waals surface area contributed by atoms with E-state index in [0.29, 0.717) is 18.0 Å². The zero-order valence-electron chi connectivity index (χ0n) is 20.2. The van der Waals surface area contributed by atoms with Crippen LogP contribution in [0.2, 0.25) is 0 Å². The Balaban J connectivity index is 1.92. The van der Waals surface area contributed by atoms with E-state index in [2.05, 4.69) is 25.8 Å². The van der Waals surface area contributed by atoms with Gasteiger partial charge in [0.25, 0.3) is 0 Å². The summed E-state index contributed by atoms with van der Waals surface area (Å²) in [4.78, 5) is 18.6. The highest BCUT2D eigenvalue weighted by Crippen LogP contribution is 2.45. The molecule has 1 atom stereocenters. The number of esters is 1. The summed E-state index contributed by atoms with van der Waals surface area (Å²) in [5.41, 5.74) is 8.42. The summed E-state index contributed by atoms with van der Waals surface area (Å²) in [5.74, 6) is -0.423. The highest BCUT2D eigenvalue weighted by Gasteiger charge is 2.44. The number of nitrogen functional groups attached to an aromatic ring is 1. The van der Waals surface area contributed by atoms with E-state index in [4.69, 9.17) is 10.5 Å². The maximum Gasteiger partial charge on any atom is 0.349 e. The van der Waals surface area contributed by atoms with Crippen molar-refractivity contribution in [3.8, 4) is 0 Å². The predicted octanol–water partition coefficient (Wildman–Crippen LogP) is 5.66. The number of ether oxygens (including phenoxy) is 1. The first-order valence-corrected chi connectivity index (χ1v) is 12.8. The van der Waals surface area contributed by atoms with Crippen LogP contribution < -0.4 is 5.73 Å². The van der Waals surface area contributed by atoms with Crippen LogP contribution in [0.1, 0.15) is 69.8 Å². The fraction of sp³-hybridized carbons (Fsp3) is 0.520. The van der Waals surface area contributed by atoms with Gasteiger partial charge in [-0.05, 0) is 53.9 Å². The number of thioether (sulfide) groups is 1. The van der Waals surface area contributed by atoms with Gasteiger partial charge < -0.3 is 20.7 Å². The molecule has 0 saturated carbocycles. The third-order valence-corrected chi connectivity index (χ3v) is 8.15. The first-order chi connectivity index (χ1) is 15.4. The zero-order chi connectivity index (χ0) is 24.6. The van der Waals surface area contributed by atoms with Crippen molar-refractivity contribution < 1.29 is 19.7 Å². The number of aliphatic hydroxyl groups excluding tert-OH is 2. The quantitative estimate of drug-likeness (QED) is 0.430. The van der Waals surface area contributed by atoms with Crippen LogP contribution in [0.5, 0.6) is 0 Å². The van der Waals surface area contributed by atoms with Gasteiger partial charge in [0.15, 0.2) is 5.13 Å². The minimum atomic E-state index is -0.798. The van der Waals surface area contributed by atoms with E-state index in [1.165, 1.54) is 23.1 Å². The van der Waals surface area contributed by atoms with E-state index in [9.17, 15) is 15.0 Å². The van der Waals surface area contributed by atoms with Crippen molar-refractivity contribution in [1.82, 2.24) is 4.98 Å². The highest BCUT2D eigenvalue weighted by atomic mass is 32.2. The van der Waals surface area contributed by atoms with Gasteiger partial charge in [-0.3, -0.25) is 0 Å². The summed E-state index contributed by atoms with van der Waals surface area (Å²) < 4.78 is 6.05. The molecule has 180 valence electrons. The monoisotopic (exact) mass is 490 g/mol. The molecular weight excluding hydrogens is 456 g/mol. The third-order valence-electron chi connectivity index (χ3n) is 6.26. The van der Waals surface area contributed by atoms with Crippen molar-refractivity contribution in [1.29, 1.82) is 0 Å². The van der Waals surface area contributed by atoms with Crippen molar-refractivity contribution in [2.75, 3.05) is 5.73 Å². The Morgan fingerprint density at radius 1 is 1.33 bits per heavy atom. The van der Waals surface area contributed by atoms with E-state index < -0.39 is 11.6 Å². The minimum Gasteiger partial charge on any atom is -0.511 e. The van der Waals surface area contributed by atoms with E-state index in [1.54, 1.807) is 0 Å². The molecule has 1 aliphatic rings. The van der Waals surface area contributed by atoms with Gasteiger partial charge in [-0.15, -0.1) is 11.3 Å². The molecule has 0 saturated heterocycles. The number of aromatic nitrogens is 1. The number of hydrogen-bond acceptors (Lipinski definition) is 8. The van der Waals surface area contributed by atoms with Crippen LogP contribution in [0.15, 0.2) is 33.1 Å². The summed E-state index contributed by atoms with van der Waals surface area (Å²) in [6.45, 7) is 12.2. The number of anilines is 1. The topological polar surface area (TPSA) is 106 Å². The number of nitrogens with two attached hydrogens (primary N) is 1. The smallest absolute Gasteiger partial charge is 0.349 e. The SMILES string of the molecule is Cc1cc(SC2=C(O)CC(CCc3csc(N)n3)(C(C)C)OC2=O)c(C(C)(C)C)cc1CO. The summed E-state index contributed by atoms with van der Waals surface area (Å²) in [7, 11) is 0. The number of thiazole rings is 1. The summed E-state index contributed by atoms with van der Waals surface area (Å²) in [6, 6.07) is 3.96. The minimum absolute atomic E-state index is 0.0161. The third kappa shape index (κ3) is 5.55. The number of carbonyl (C=O) groups excluding carboxylic acids is 1. The Labute approximate surface area is 204 Å². The lowest BCUT2D eigenvalue weighted by atomic mass is 9.80. The van der Waals surface area contributed by atoms with E-state index in [0.717, 1.165) is 27.3 Å². The molecule has 0 spiro atoms. The molecule has 1 aliphatic heterocycles. The molecule has 8 heteroatoms. The Morgan fingerprint density at radius 2 is 2.03 bits per heavy atom. The molecule has 0 aliphatic carbocycles. The lowest BCUT2D eigenvalue weighted by Crippen LogP contribution is -2.44. The Bertz CT molecular complexity index is 1070. The summed E-state index contributed by atoms with van der Waals surface area (Å²) in [5, 5.41) is 23.2. The number of hydrogen-bond donors (Lipinski definition) is 3. The zero-order valence-corrected chi connectivity index (χ0v) is 21.8. The predicted molar refractivity (Wildman–Crippen MR) is 134 cm³/mol. The normalized spacial score (nSPS) is 19.3. The number of aliphatic hydroxyl groups is 2. The molecule has 4 N–H and O–H groups in total. The number of nitrogens with zero attached hydrogens (tertiary/aromatic N) is 1. The molecule has 2 heterocycles. The Morgan fingerprint density at radius 3 is 2.55 bits per heavy atom. The molecule has 3 rings (SSSR count). The Kier molecular flexibility index (Phi) is 7.51. The van der Waals surface area contributed by atoms with Crippen molar-refractivity contribution >= 4 is 34.2 Å². The van der Waals surface area contributed by atoms with E-state index in [1.807, 2.05) is 38.3 Å². The van der Waals surface area contributed by atoms with Gasteiger partial charge in [0.05, 0.1) is 12.3 Å². The number of rotatable bonds is 7. The molecule has 1 unspecified atom stereocenters. The molecule has 0 radical (unpaired) electrons. The second kappa shape index (κ2) is 9.68. The fourth-order valence-electron chi connectivity index (χ4n) is 4.05. The number of carbonyl (C=O) groups is 1. The summed E-state index contributed by atoms with van der Waals surface area (Å²) >= 11 is 2.63. The first-order valence-electron chi connectivity index (χ1n) is 11.1. The number of aryl methyl sites for hydroxylation is 2. The van der Waals surface area contributed by atoms with Gasteiger partial charge in [-0.2, -0.15) is 0 Å².